The Morgan fingerprint density at radius 3 is 2.71 bits per heavy atom. The lowest BCUT2D eigenvalue weighted by Gasteiger charge is -2.26. The van der Waals surface area contributed by atoms with E-state index in [1.54, 1.807) is 48.4 Å². The number of hydrogen-bond donors (Lipinski definition) is 1. The smallest absolute Gasteiger partial charge is 0.256 e. The molecule has 7 heteroatoms. The summed E-state index contributed by atoms with van der Waals surface area (Å²) in [6.45, 7) is 6.48. The molecule has 2 aromatic carbocycles. The van der Waals surface area contributed by atoms with E-state index in [0.717, 1.165) is 0 Å². The predicted molar refractivity (Wildman–Crippen MR) is 112 cm³/mol. The third kappa shape index (κ3) is 3.85. The number of carbonyl (C=O) groups is 2. The minimum absolute atomic E-state index is 0.0193. The Morgan fingerprint density at radius 2 is 2.04 bits per heavy atom. The van der Waals surface area contributed by atoms with Crippen LogP contribution in [0.1, 0.15) is 31.1 Å². The van der Waals surface area contributed by atoms with Crippen molar-refractivity contribution in [2.75, 3.05) is 30.5 Å². The zero-order valence-electron chi connectivity index (χ0n) is 16.3. The maximum absolute atomic E-state index is 12.8. The van der Waals surface area contributed by atoms with E-state index in [0.29, 0.717) is 39.5 Å². The van der Waals surface area contributed by atoms with E-state index in [9.17, 15) is 9.59 Å². The van der Waals surface area contributed by atoms with Crippen molar-refractivity contribution in [2.24, 2.45) is 5.41 Å². The van der Waals surface area contributed by atoms with Gasteiger partial charge in [-0.15, -0.1) is 0 Å². The van der Waals surface area contributed by atoms with Gasteiger partial charge in [-0.05, 0) is 67.0 Å². The molecule has 28 heavy (non-hydrogen) atoms. The Balaban J connectivity index is 1.90. The molecule has 0 atom stereocenters. The van der Waals surface area contributed by atoms with Crippen molar-refractivity contribution < 1.29 is 19.1 Å². The molecule has 0 aliphatic carbocycles. The summed E-state index contributed by atoms with van der Waals surface area (Å²) in [4.78, 5) is 27.2. The van der Waals surface area contributed by atoms with Gasteiger partial charge >= 0.3 is 0 Å². The summed E-state index contributed by atoms with van der Waals surface area (Å²) in [5.74, 6) is 0.912. The van der Waals surface area contributed by atoms with Crippen LogP contribution in [0, 0.1) is 5.41 Å². The molecule has 2 aromatic rings. The topological polar surface area (TPSA) is 67.9 Å². The maximum atomic E-state index is 12.8. The summed E-state index contributed by atoms with van der Waals surface area (Å²) in [5, 5.41) is 2.88. The van der Waals surface area contributed by atoms with Crippen molar-refractivity contribution in [3.8, 4) is 11.5 Å². The number of nitrogens with one attached hydrogen (secondary N) is 1. The van der Waals surface area contributed by atoms with Crippen LogP contribution in [0.2, 0.25) is 0 Å². The quantitative estimate of drug-likeness (QED) is 0.751. The molecule has 0 saturated heterocycles. The zero-order chi connectivity index (χ0) is 20.5. The van der Waals surface area contributed by atoms with Gasteiger partial charge in [0.15, 0.2) is 0 Å². The fraction of sp³-hybridized carbons (Fsp3) is 0.333. The number of ether oxygens (including phenoxy) is 2. The van der Waals surface area contributed by atoms with Gasteiger partial charge < -0.3 is 19.7 Å². The van der Waals surface area contributed by atoms with Crippen LogP contribution < -0.4 is 19.7 Å². The number of fused-ring (bicyclic) bond motifs is 1. The van der Waals surface area contributed by atoms with Crippen LogP contribution in [-0.4, -0.2) is 32.1 Å². The lowest BCUT2D eigenvalue weighted by atomic mass is 9.93. The standard InChI is InChI=1S/C21H23BrN2O4/c1-5-24-17-9-6-13(10-18(17)28-12-21(2,3)20(24)26)23-19(25)15-11-14(27-4)7-8-16(15)22/h6-11H,5,12H2,1-4H3,(H,23,25). The molecule has 3 rings (SSSR count). The molecule has 0 unspecified atom stereocenters. The summed E-state index contributed by atoms with van der Waals surface area (Å²) in [5.41, 5.74) is 1.13. The first-order valence-electron chi connectivity index (χ1n) is 9.00. The summed E-state index contributed by atoms with van der Waals surface area (Å²) in [6, 6.07) is 10.5. The first-order chi connectivity index (χ1) is 13.3. The van der Waals surface area contributed by atoms with Gasteiger partial charge in [-0.3, -0.25) is 9.59 Å². The fourth-order valence-electron chi connectivity index (χ4n) is 3.04. The molecule has 0 radical (unpaired) electrons. The number of nitrogens with zero attached hydrogens (tertiary/aromatic N) is 1. The lowest BCUT2D eigenvalue weighted by Crippen LogP contribution is -2.42. The second kappa shape index (κ2) is 7.83. The van der Waals surface area contributed by atoms with Gasteiger partial charge in [-0.25, -0.2) is 0 Å². The Hall–Kier alpha value is -2.54. The highest BCUT2D eigenvalue weighted by molar-refractivity contribution is 9.10. The minimum atomic E-state index is -0.621. The molecule has 1 N–H and O–H groups in total. The first-order valence-corrected chi connectivity index (χ1v) is 9.80. The Kier molecular flexibility index (Phi) is 5.65. The van der Waals surface area contributed by atoms with E-state index in [1.807, 2.05) is 20.8 Å². The molecule has 1 heterocycles. The number of amides is 2. The SMILES string of the molecule is CCN1C(=O)C(C)(C)COc2cc(NC(=O)c3cc(OC)ccc3Br)ccc21. The second-order valence-corrected chi connectivity index (χ2v) is 8.06. The number of rotatable bonds is 4. The van der Waals surface area contributed by atoms with Gasteiger partial charge in [0.1, 0.15) is 18.1 Å². The summed E-state index contributed by atoms with van der Waals surface area (Å²) in [7, 11) is 1.55. The number of carbonyl (C=O) groups excluding carboxylic acids is 2. The van der Waals surface area contributed by atoms with Crippen LogP contribution in [0.25, 0.3) is 0 Å². The van der Waals surface area contributed by atoms with Crippen molar-refractivity contribution in [3.05, 3.63) is 46.4 Å². The largest absolute Gasteiger partial charge is 0.497 e. The van der Waals surface area contributed by atoms with Gasteiger partial charge in [0.05, 0.1) is 23.8 Å². The summed E-state index contributed by atoms with van der Waals surface area (Å²) >= 11 is 3.40. The van der Waals surface area contributed by atoms with E-state index in [1.165, 1.54) is 0 Å². The number of anilines is 2. The van der Waals surface area contributed by atoms with E-state index < -0.39 is 5.41 Å². The average Bonchev–Trinajstić information content (AvgIpc) is 2.77. The molecule has 1 aliphatic rings. The average molecular weight is 447 g/mol. The third-order valence-corrected chi connectivity index (χ3v) is 5.35. The molecule has 0 spiro atoms. The molecule has 0 saturated carbocycles. The van der Waals surface area contributed by atoms with Crippen LogP contribution in [0.5, 0.6) is 11.5 Å². The number of halogens is 1. The molecule has 0 fully saturated rings. The predicted octanol–water partition coefficient (Wildman–Crippen LogP) is 4.48. The highest BCUT2D eigenvalue weighted by Gasteiger charge is 2.37. The molecule has 1 aliphatic heterocycles. The number of hydrogen-bond acceptors (Lipinski definition) is 4. The van der Waals surface area contributed by atoms with Crippen LogP contribution in [0.4, 0.5) is 11.4 Å². The van der Waals surface area contributed by atoms with Crippen LogP contribution in [0.3, 0.4) is 0 Å². The van der Waals surface area contributed by atoms with Gasteiger partial charge in [0.25, 0.3) is 5.91 Å². The lowest BCUT2D eigenvalue weighted by molar-refractivity contribution is -0.127. The van der Waals surface area contributed by atoms with Crippen molar-refractivity contribution in [1.29, 1.82) is 0 Å². The molecule has 148 valence electrons. The van der Waals surface area contributed by atoms with Gasteiger partial charge in [-0.2, -0.15) is 0 Å². The zero-order valence-corrected chi connectivity index (χ0v) is 17.9. The van der Waals surface area contributed by atoms with Crippen LogP contribution in [-0.2, 0) is 4.79 Å². The highest BCUT2D eigenvalue weighted by Crippen LogP contribution is 2.38. The first kappa shape index (κ1) is 20.2. The molecule has 6 nitrogen and oxygen atoms in total. The highest BCUT2D eigenvalue weighted by atomic mass is 79.9. The molecular formula is C21H23BrN2O4. The molecule has 2 amide bonds. The summed E-state index contributed by atoms with van der Waals surface area (Å²) in [6.07, 6.45) is 0. The van der Waals surface area contributed by atoms with Gasteiger partial charge in [0.2, 0.25) is 5.91 Å². The van der Waals surface area contributed by atoms with Crippen molar-refractivity contribution in [3.63, 3.8) is 0 Å². The normalized spacial score (nSPS) is 15.3. The molecule has 0 aromatic heterocycles. The van der Waals surface area contributed by atoms with Crippen molar-refractivity contribution in [2.45, 2.75) is 20.8 Å². The maximum Gasteiger partial charge on any atom is 0.256 e. The van der Waals surface area contributed by atoms with E-state index in [-0.39, 0.29) is 18.4 Å². The molecule has 0 bridgehead atoms. The monoisotopic (exact) mass is 446 g/mol. The van der Waals surface area contributed by atoms with Crippen molar-refractivity contribution in [1.82, 2.24) is 0 Å². The van der Waals surface area contributed by atoms with Crippen LogP contribution in [0.15, 0.2) is 40.9 Å². The Labute approximate surface area is 172 Å². The minimum Gasteiger partial charge on any atom is -0.497 e. The van der Waals surface area contributed by atoms with Crippen LogP contribution >= 0.6 is 15.9 Å². The third-order valence-electron chi connectivity index (χ3n) is 4.66. The van der Waals surface area contributed by atoms with E-state index in [2.05, 4.69) is 21.2 Å². The summed E-state index contributed by atoms with van der Waals surface area (Å²) < 4.78 is 11.8. The van der Waals surface area contributed by atoms with E-state index in [4.69, 9.17) is 9.47 Å². The number of methoxy groups -OCH3 is 1. The van der Waals surface area contributed by atoms with Gasteiger partial charge in [0, 0.05) is 22.8 Å². The Morgan fingerprint density at radius 1 is 1.29 bits per heavy atom. The van der Waals surface area contributed by atoms with E-state index >= 15 is 0 Å². The Bertz CT molecular complexity index is 927. The fourth-order valence-corrected chi connectivity index (χ4v) is 3.47. The van der Waals surface area contributed by atoms with Crippen molar-refractivity contribution >= 4 is 39.1 Å². The second-order valence-electron chi connectivity index (χ2n) is 7.20. The van der Waals surface area contributed by atoms with Gasteiger partial charge in [-0.1, -0.05) is 0 Å². The molecular weight excluding hydrogens is 424 g/mol. The number of benzene rings is 2.